The molecule has 2 rings (SSSR count). The first kappa shape index (κ1) is 10.6. The Morgan fingerprint density at radius 1 is 1.31 bits per heavy atom. The van der Waals surface area contributed by atoms with E-state index in [0.29, 0.717) is 10.7 Å². The zero-order valence-corrected chi connectivity index (χ0v) is 8.85. The molecular formula is C11H7ClN2O2. The first-order valence-corrected chi connectivity index (χ1v) is 4.86. The Kier molecular flexibility index (Phi) is 2.83. The normalized spacial score (nSPS) is 10.1. The summed E-state index contributed by atoms with van der Waals surface area (Å²) in [6.07, 6.45) is 1.20. The van der Waals surface area contributed by atoms with Crippen LogP contribution in [-0.4, -0.2) is 21.3 Å². The fraction of sp³-hybridized carbons (Fsp3) is 0. The first-order chi connectivity index (χ1) is 7.66. The number of rotatable bonds is 2. The van der Waals surface area contributed by atoms with Crippen LogP contribution in [0, 0.1) is 0 Å². The van der Waals surface area contributed by atoms with E-state index in [9.17, 15) is 4.79 Å². The Bertz CT molecular complexity index is 543. The first-order valence-electron chi connectivity index (χ1n) is 4.49. The summed E-state index contributed by atoms with van der Waals surface area (Å²) in [6, 6.07) is 8.46. The molecule has 5 heteroatoms. The van der Waals surface area contributed by atoms with Crippen molar-refractivity contribution in [2.24, 2.45) is 0 Å². The van der Waals surface area contributed by atoms with Crippen molar-refractivity contribution >= 4 is 17.6 Å². The van der Waals surface area contributed by atoms with E-state index in [1.165, 1.54) is 12.3 Å². The minimum absolute atomic E-state index is 0.102. The molecule has 16 heavy (non-hydrogen) atoms. The van der Waals surface area contributed by atoms with Crippen molar-refractivity contribution in [2.75, 3.05) is 0 Å². The predicted octanol–water partition coefficient (Wildman–Crippen LogP) is 2.50. The zero-order valence-electron chi connectivity index (χ0n) is 8.09. The molecule has 0 amide bonds. The maximum atomic E-state index is 10.8. The molecule has 0 bridgehead atoms. The molecule has 1 N–H and O–H groups in total. The number of halogens is 1. The average molecular weight is 235 g/mol. The lowest BCUT2D eigenvalue weighted by Gasteiger charge is -2.01. The molecule has 0 aliphatic rings. The molecule has 0 unspecified atom stereocenters. The van der Waals surface area contributed by atoms with Crippen LogP contribution in [0.1, 0.15) is 10.4 Å². The van der Waals surface area contributed by atoms with Crippen LogP contribution in [0.2, 0.25) is 5.02 Å². The lowest BCUT2D eigenvalue weighted by atomic mass is 10.1. The molecule has 2 aromatic rings. The Hall–Kier alpha value is -1.94. The maximum absolute atomic E-state index is 10.8. The van der Waals surface area contributed by atoms with Gasteiger partial charge in [0.05, 0.1) is 17.5 Å². The second-order valence-corrected chi connectivity index (χ2v) is 3.58. The highest BCUT2D eigenvalue weighted by molar-refractivity contribution is 6.30. The van der Waals surface area contributed by atoms with E-state index in [1.54, 1.807) is 24.3 Å². The molecule has 80 valence electrons. The summed E-state index contributed by atoms with van der Waals surface area (Å²) < 4.78 is 0. The van der Waals surface area contributed by atoms with Gasteiger partial charge in [0.15, 0.2) is 0 Å². The van der Waals surface area contributed by atoms with Crippen LogP contribution >= 0.6 is 11.6 Å². The number of aromatic carboxylic acids is 1. The largest absolute Gasteiger partial charge is 0.478 e. The van der Waals surface area contributed by atoms with Crippen LogP contribution in [0.15, 0.2) is 36.5 Å². The highest BCUT2D eigenvalue weighted by atomic mass is 35.5. The third kappa shape index (κ3) is 2.17. The van der Waals surface area contributed by atoms with Gasteiger partial charge in [0, 0.05) is 10.6 Å². The number of carboxylic acids is 1. The molecule has 0 aliphatic carbocycles. The summed E-state index contributed by atoms with van der Waals surface area (Å²) >= 11 is 5.83. The Morgan fingerprint density at radius 3 is 2.81 bits per heavy atom. The molecule has 0 fully saturated rings. The van der Waals surface area contributed by atoms with Crippen LogP contribution in [0.3, 0.4) is 0 Å². The minimum atomic E-state index is -1.03. The molecule has 0 radical (unpaired) electrons. The number of hydrogen-bond acceptors (Lipinski definition) is 3. The van der Waals surface area contributed by atoms with Crippen molar-refractivity contribution in [3.05, 3.63) is 47.1 Å². The smallest absolute Gasteiger partial charge is 0.337 e. The summed E-state index contributed by atoms with van der Waals surface area (Å²) in [6.45, 7) is 0. The van der Waals surface area contributed by atoms with E-state index >= 15 is 0 Å². The van der Waals surface area contributed by atoms with Crippen LogP contribution in [0.4, 0.5) is 0 Å². The number of carbonyl (C=O) groups is 1. The highest BCUT2D eigenvalue weighted by Gasteiger charge is 2.07. The van der Waals surface area contributed by atoms with Crippen molar-refractivity contribution < 1.29 is 9.90 Å². The monoisotopic (exact) mass is 234 g/mol. The molecule has 1 aromatic carbocycles. The lowest BCUT2D eigenvalue weighted by Crippen LogP contribution is -1.99. The van der Waals surface area contributed by atoms with Gasteiger partial charge in [-0.25, -0.2) is 4.79 Å². The minimum Gasteiger partial charge on any atom is -0.478 e. The van der Waals surface area contributed by atoms with E-state index in [2.05, 4.69) is 10.2 Å². The summed E-state index contributed by atoms with van der Waals surface area (Å²) in [5.41, 5.74) is 1.33. The molecule has 0 aliphatic heterocycles. The van der Waals surface area contributed by atoms with Gasteiger partial charge in [-0.2, -0.15) is 10.2 Å². The SMILES string of the molecule is O=C(O)c1cnnc(-c2cccc(Cl)c2)c1. The van der Waals surface area contributed by atoms with Gasteiger partial charge in [0.2, 0.25) is 0 Å². The summed E-state index contributed by atoms with van der Waals surface area (Å²) in [7, 11) is 0. The van der Waals surface area contributed by atoms with E-state index in [1.807, 2.05) is 0 Å². The Morgan fingerprint density at radius 2 is 2.12 bits per heavy atom. The van der Waals surface area contributed by atoms with Crippen LogP contribution in [0.25, 0.3) is 11.3 Å². The van der Waals surface area contributed by atoms with Gasteiger partial charge in [0.1, 0.15) is 0 Å². The highest BCUT2D eigenvalue weighted by Crippen LogP contribution is 2.20. The molecule has 1 heterocycles. The number of nitrogens with zero attached hydrogens (tertiary/aromatic N) is 2. The fourth-order valence-electron chi connectivity index (χ4n) is 1.27. The molecule has 0 spiro atoms. The summed E-state index contributed by atoms with van der Waals surface area (Å²) in [5.74, 6) is -1.03. The quantitative estimate of drug-likeness (QED) is 0.867. The number of aromatic nitrogens is 2. The van der Waals surface area contributed by atoms with Crippen molar-refractivity contribution in [1.82, 2.24) is 10.2 Å². The van der Waals surface area contributed by atoms with Crippen molar-refractivity contribution in [3.63, 3.8) is 0 Å². The van der Waals surface area contributed by atoms with Gasteiger partial charge >= 0.3 is 5.97 Å². The predicted molar refractivity (Wildman–Crippen MR) is 59.4 cm³/mol. The topological polar surface area (TPSA) is 63.1 Å². The van der Waals surface area contributed by atoms with Gasteiger partial charge in [-0.15, -0.1) is 0 Å². The number of carboxylic acid groups (broad SMARTS) is 1. The van der Waals surface area contributed by atoms with Gasteiger partial charge in [0.25, 0.3) is 0 Å². The van der Waals surface area contributed by atoms with Gasteiger partial charge in [-0.05, 0) is 18.2 Å². The standard InChI is InChI=1S/C11H7ClN2O2/c12-9-3-1-2-7(4-9)10-5-8(11(15)16)6-13-14-10/h1-6H,(H,15,16). The van der Waals surface area contributed by atoms with Crippen LogP contribution in [0.5, 0.6) is 0 Å². The van der Waals surface area contributed by atoms with Gasteiger partial charge in [-0.1, -0.05) is 23.7 Å². The van der Waals surface area contributed by atoms with Gasteiger partial charge in [-0.3, -0.25) is 0 Å². The molecule has 1 aromatic heterocycles. The number of benzene rings is 1. The summed E-state index contributed by atoms with van der Waals surface area (Å²) in [5, 5.41) is 16.9. The number of hydrogen-bond donors (Lipinski definition) is 1. The van der Waals surface area contributed by atoms with Crippen molar-refractivity contribution in [3.8, 4) is 11.3 Å². The molecule has 0 saturated heterocycles. The fourth-order valence-corrected chi connectivity index (χ4v) is 1.46. The van der Waals surface area contributed by atoms with Crippen LogP contribution in [-0.2, 0) is 0 Å². The van der Waals surface area contributed by atoms with E-state index in [4.69, 9.17) is 16.7 Å². The second-order valence-electron chi connectivity index (χ2n) is 3.14. The molecule has 0 atom stereocenters. The van der Waals surface area contributed by atoms with Crippen molar-refractivity contribution in [2.45, 2.75) is 0 Å². The maximum Gasteiger partial charge on any atom is 0.337 e. The lowest BCUT2D eigenvalue weighted by molar-refractivity contribution is 0.0696. The third-order valence-electron chi connectivity index (χ3n) is 2.02. The molecular weight excluding hydrogens is 228 g/mol. The van der Waals surface area contributed by atoms with E-state index in [0.717, 1.165) is 5.56 Å². The average Bonchev–Trinajstić information content (AvgIpc) is 2.29. The van der Waals surface area contributed by atoms with E-state index in [-0.39, 0.29) is 5.56 Å². The zero-order chi connectivity index (χ0) is 11.5. The Labute approximate surface area is 96.5 Å². The van der Waals surface area contributed by atoms with E-state index < -0.39 is 5.97 Å². The summed E-state index contributed by atoms with van der Waals surface area (Å²) in [4.78, 5) is 10.8. The molecule has 4 nitrogen and oxygen atoms in total. The third-order valence-corrected chi connectivity index (χ3v) is 2.26. The second kappa shape index (κ2) is 4.28. The molecule has 0 saturated carbocycles. The van der Waals surface area contributed by atoms with Crippen molar-refractivity contribution in [1.29, 1.82) is 0 Å². The van der Waals surface area contributed by atoms with Gasteiger partial charge < -0.3 is 5.11 Å². The van der Waals surface area contributed by atoms with Crippen LogP contribution < -0.4 is 0 Å². The Balaban J connectivity index is 2.48.